The van der Waals surface area contributed by atoms with Gasteiger partial charge in [0, 0.05) is 34.4 Å². The summed E-state index contributed by atoms with van der Waals surface area (Å²) in [7, 11) is 0. The van der Waals surface area contributed by atoms with Gasteiger partial charge in [-0.3, -0.25) is 4.98 Å². The summed E-state index contributed by atoms with van der Waals surface area (Å²) in [6, 6.07) is 17.7. The van der Waals surface area contributed by atoms with Crippen LogP contribution in [0.25, 0.3) is 27.7 Å². The van der Waals surface area contributed by atoms with Crippen LogP contribution >= 0.6 is 11.3 Å². The molecule has 0 saturated heterocycles. The molecule has 0 bridgehead atoms. The standard InChI is InChI=1S/C22H14N4O2S/c23-10-16(11-25-17-4-5-18-14(8-17)2-1-7-24-18)22-26-19(12-29-22)15-3-6-20-21(9-15)28-13-27-20/h1-9,11-12,25H,13H2/b16-11+. The van der Waals surface area contributed by atoms with Crippen LogP contribution in [-0.4, -0.2) is 16.8 Å². The fraction of sp³-hybridized carbons (Fsp3) is 0.0455. The lowest BCUT2D eigenvalue weighted by Gasteiger charge is -2.03. The van der Waals surface area contributed by atoms with E-state index < -0.39 is 0 Å². The normalized spacial score (nSPS) is 12.7. The molecule has 3 heterocycles. The fourth-order valence-electron chi connectivity index (χ4n) is 3.05. The first-order chi connectivity index (χ1) is 14.3. The van der Waals surface area contributed by atoms with E-state index in [1.807, 2.05) is 53.9 Å². The second kappa shape index (κ2) is 7.26. The number of aromatic nitrogens is 2. The minimum Gasteiger partial charge on any atom is -0.454 e. The van der Waals surface area contributed by atoms with Crippen molar-refractivity contribution in [1.29, 1.82) is 5.26 Å². The maximum atomic E-state index is 9.60. The summed E-state index contributed by atoms with van der Waals surface area (Å²) >= 11 is 1.42. The lowest BCUT2D eigenvalue weighted by Crippen LogP contribution is -1.92. The zero-order valence-electron chi connectivity index (χ0n) is 15.1. The topological polar surface area (TPSA) is 80.1 Å². The molecule has 0 fully saturated rings. The van der Waals surface area contributed by atoms with E-state index in [1.165, 1.54) is 11.3 Å². The number of anilines is 1. The molecular formula is C22H14N4O2S. The maximum Gasteiger partial charge on any atom is 0.231 e. The molecule has 4 aromatic rings. The predicted molar refractivity (Wildman–Crippen MR) is 113 cm³/mol. The minimum absolute atomic E-state index is 0.235. The average molecular weight is 398 g/mol. The van der Waals surface area contributed by atoms with E-state index in [0.717, 1.165) is 33.6 Å². The smallest absolute Gasteiger partial charge is 0.231 e. The summed E-state index contributed by atoms with van der Waals surface area (Å²) in [4.78, 5) is 8.93. The molecule has 5 rings (SSSR count). The largest absolute Gasteiger partial charge is 0.454 e. The molecule has 140 valence electrons. The number of pyridine rings is 1. The van der Waals surface area contributed by atoms with Crippen LogP contribution in [0.15, 0.2) is 66.3 Å². The summed E-state index contributed by atoms with van der Waals surface area (Å²) in [6.07, 6.45) is 3.45. The molecular weight excluding hydrogens is 384 g/mol. The van der Waals surface area contributed by atoms with Gasteiger partial charge in [-0.25, -0.2) is 4.98 Å². The van der Waals surface area contributed by atoms with E-state index in [4.69, 9.17) is 9.47 Å². The monoisotopic (exact) mass is 398 g/mol. The van der Waals surface area contributed by atoms with E-state index in [-0.39, 0.29) is 6.79 Å². The second-order valence-corrected chi connectivity index (χ2v) is 7.19. The average Bonchev–Trinajstić information content (AvgIpc) is 3.43. The number of thiazole rings is 1. The molecule has 1 aliphatic rings. The Balaban J connectivity index is 1.39. The van der Waals surface area contributed by atoms with Gasteiger partial charge in [0.25, 0.3) is 0 Å². The Morgan fingerprint density at radius 1 is 1.14 bits per heavy atom. The molecule has 0 saturated carbocycles. The van der Waals surface area contributed by atoms with Crippen molar-refractivity contribution in [2.24, 2.45) is 0 Å². The summed E-state index contributed by atoms with van der Waals surface area (Å²) in [5.74, 6) is 1.44. The van der Waals surface area contributed by atoms with Gasteiger partial charge in [0.1, 0.15) is 16.6 Å². The number of nitrogens with zero attached hydrogens (tertiary/aromatic N) is 3. The van der Waals surface area contributed by atoms with Crippen molar-refractivity contribution in [2.45, 2.75) is 0 Å². The van der Waals surface area contributed by atoms with Crippen LogP contribution in [0.4, 0.5) is 5.69 Å². The van der Waals surface area contributed by atoms with E-state index in [0.29, 0.717) is 16.3 Å². The third-order valence-electron chi connectivity index (χ3n) is 4.51. The minimum atomic E-state index is 0.235. The number of ether oxygens (including phenoxy) is 2. The lowest BCUT2D eigenvalue weighted by molar-refractivity contribution is 0.174. The van der Waals surface area contributed by atoms with Gasteiger partial charge in [-0.15, -0.1) is 11.3 Å². The zero-order valence-corrected chi connectivity index (χ0v) is 15.9. The van der Waals surface area contributed by atoms with Crippen LogP contribution in [0.1, 0.15) is 5.01 Å². The number of hydrogen-bond acceptors (Lipinski definition) is 7. The molecule has 29 heavy (non-hydrogen) atoms. The van der Waals surface area contributed by atoms with Gasteiger partial charge in [0.15, 0.2) is 11.5 Å². The molecule has 0 atom stereocenters. The third-order valence-corrected chi connectivity index (χ3v) is 5.39. The molecule has 2 aromatic heterocycles. The summed E-state index contributed by atoms with van der Waals surface area (Å²) in [6.45, 7) is 0.235. The van der Waals surface area contributed by atoms with Crippen molar-refractivity contribution < 1.29 is 9.47 Å². The molecule has 0 unspecified atom stereocenters. The highest BCUT2D eigenvalue weighted by Gasteiger charge is 2.16. The van der Waals surface area contributed by atoms with Crippen LogP contribution in [0, 0.1) is 11.3 Å². The predicted octanol–water partition coefficient (Wildman–Crippen LogP) is 5.06. The van der Waals surface area contributed by atoms with E-state index in [9.17, 15) is 5.26 Å². The van der Waals surface area contributed by atoms with E-state index >= 15 is 0 Å². The summed E-state index contributed by atoms with van der Waals surface area (Å²) < 4.78 is 10.8. The van der Waals surface area contributed by atoms with Crippen LogP contribution in [0.3, 0.4) is 0 Å². The second-order valence-electron chi connectivity index (χ2n) is 6.33. The Hall–Kier alpha value is -3.89. The Bertz CT molecular complexity index is 1290. The molecule has 0 aliphatic carbocycles. The van der Waals surface area contributed by atoms with Crippen LogP contribution in [-0.2, 0) is 0 Å². The SMILES string of the molecule is N#C/C(=C\Nc1ccc2ncccc2c1)c1nc(-c2ccc3c(c2)OCO3)cs1. The van der Waals surface area contributed by atoms with E-state index in [1.54, 1.807) is 12.4 Å². The molecule has 1 aliphatic heterocycles. The first kappa shape index (κ1) is 17.2. The third kappa shape index (κ3) is 3.37. The zero-order chi connectivity index (χ0) is 19.6. The molecule has 0 radical (unpaired) electrons. The van der Waals surface area contributed by atoms with Crippen LogP contribution < -0.4 is 14.8 Å². The first-order valence-electron chi connectivity index (χ1n) is 8.88. The maximum absolute atomic E-state index is 9.60. The molecule has 6 nitrogen and oxygen atoms in total. The Kier molecular flexibility index (Phi) is 4.31. The number of benzene rings is 2. The molecule has 1 N–H and O–H groups in total. The fourth-order valence-corrected chi connectivity index (χ4v) is 3.84. The highest BCUT2D eigenvalue weighted by molar-refractivity contribution is 7.11. The number of hydrogen-bond donors (Lipinski definition) is 1. The van der Waals surface area contributed by atoms with Crippen LogP contribution in [0.2, 0.25) is 0 Å². The molecule has 0 spiro atoms. The Labute approximate surface area is 170 Å². The van der Waals surface area contributed by atoms with Gasteiger partial charge in [0.2, 0.25) is 6.79 Å². The van der Waals surface area contributed by atoms with Crippen molar-refractivity contribution in [1.82, 2.24) is 9.97 Å². The number of fused-ring (bicyclic) bond motifs is 2. The lowest BCUT2D eigenvalue weighted by atomic mass is 10.1. The first-order valence-corrected chi connectivity index (χ1v) is 9.76. The van der Waals surface area contributed by atoms with Gasteiger partial charge >= 0.3 is 0 Å². The van der Waals surface area contributed by atoms with Gasteiger partial charge in [-0.05, 0) is 42.5 Å². The van der Waals surface area contributed by atoms with Gasteiger partial charge < -0.3 is 14.8 Å². The van der Waals surface area contributed by atoms with Crippen molar-refractivity contribution in [3.63, 3.8) is 0 Å². The summed E-state index contributed by atoms with van der Waals surface area (Å²) in [5.41, 5.74) is 3.99. The van der Waals surface area contributed by atoms with Crippen molar-refractivity contribution in [3.8, 4) is 28.8 Å². The van der Waals surface area contributed by atoms with Gasteiger partial charge in [-0.2, -0.15) is 5.26 Å². The van der Waals surface area contributed by atoms with Crippen LogP contribution in [0.5, 0.6) is 11.5 Å². The van der Waals surface area contributed by atoms with Gasteiger partial charge in [-0.1, -0.05) is 6.07 Å². The molecule has 7 heteroatoms. The van der Waals surface area contributed by atoms with Crippen molar-refractivity contribution >= 4 is 33.5 Å². The molecule has 0 amide bonds. The highest BCUT2D eigenvalue weighted by Crippen LogP contribution is 2.36. The number of rotatable bonds is 4. The number of nitrogens with one attached hydrogen (secondary N) is 1. The van der Waals surface area contributed by atoms with Crippen molar-refractivity contribution in [2.75, 3.05) is 12.1 Å². The number of nitriles is 1. The molecule has 2 aromatic carbocycles. The van der Waals surface area contributed by atoms with Gasteiger partial charge in [0.05, 0.1) is 11.2 Å². The van der Waals surface area contributed by atoms with E-state index in [2.05, 4.69) is 21.4 Å². The Morgan fingerprint density at radius 3 is 3.00 bits per heavy atom. The Morgan fingerprint density at radius 2 is 2.07 bits per heavy atom. The van der Waals surface area contributed by atoms with Crippen molar-refractivity contribution in [3.05, 3.63) is 71.3 Å². The highest BCUT2D eigenvalue weighted by atomic mass is 32.1. The quantitative estimate of drug-likeness (QED) is 0.484. The summed E-state index contributed by atoms with van der Waals surface area (Å²) in [5, 5.41) is 16.4. The number of allylic oxidation sites excluding steroid dienone is 1.